The first kappa shape index (κ1) is 13.6. The van der Waals surface area contributed by atoms with E-state index >= 15 is 0 Å². The van der Waals surface area contributed by atoms with Crippen LogP contribution in [0.3, 0.4) is 0 Å². The van der Waals surface area contributed by atoms with Crippen LogP contribution in [-0.2, 0) is 4.57 Å². The molecule has 0 unspecified atom stereocenters. The van der Waals surface area contributed by atoms with Gasteiger partial charge in [0.1, 0.15) is 5.75 Å². The summed E-state index contributed by atoms with van der Waals surface area (Å²) in [5.41, 5.74) is 1.08. The fraction of sp³-hybridized carbons (Fsp3) is 0.400. The normalized spacial score (nSPS) is 11.5. The first-order valence-corrected chi connectivity index (χ1v) is 7.72. The van der Waals surface area contributed by atoms with Crippen LogP contribution in [-0.4, -0.2) is 20.4 Å². The molecule has 0 heterocycles. The third kappa shape index (κ3) is 3.25. The summed E-state index contributed by atoms with van der Waals surface area (Å²) in [7, 11) is 0.230. The average Bonchev–Trinajstić information content (AvgIpc) is 2.29. The summed E-state index contributed by atoms with van der Waals surface area (Å²) in [6.45, 7) is 1.97. The van der Waals surface area contributed by atoms with Crippen molar-refractivity contribution in [3.8, 4) is 5.75 Å². The topological polar surface area (TPSA) is 50.4 Å². The van der Waals surface area contributed by atoms with Gasteiger partial charge in [-0.25, -0.2) is 14.7 Å². The Morgan fingerprint density at radius 2 is 1.94 bits per heavy atom. The van der Waals surface area contributed by atoms with Crippen molar-refractivity contribution >= 4 is 19.4 Å². The van der Waals surface area contributed by atoms with Crippen LogP contribution in [0, 0.1) is 6.92 Å². The predicted octanol–water partition coefficient (Wildman–Crippen LogP) is 2.64. The van der Waals surface area contributed by atoms with Crippen molar-refractivity contribution in [2.45, 2.75) is 11.8 Å². The first-order chi connectivity index (χ1) is 7.54. The Labute approximate surface area is 101 Å². The highest BCUT2D eigenvalue weighted by atomic mass is 32.2. The molecule has 0 saturated carbocycles. The van der Waals surface area contributed by atoms with Gasteiger partial charge in [-0.15, -0.1) is 11.8 Å². The SMILES string of the molecule is CNP(=O)(NC)Oc1cc(C)ccc1SC. The van der Waals surface area contributed by atoms with Gasteiger partial charge in [0.25, 0.3) is 0 Å². The standard InChI is InChI=1S/C10H17N2O2PS/c1-8-5-6-10(16-4)9(7-8)14-15(13,11-2)12-3/h5-7H,1-4H3,(H2,11,12,13). The second kappa shape index (κ2) is 5.73. The van der Waals surface area contributed by atoms with Gasteiger partial charge in [0.2, 0.25) is 0 Å². The van der Waals surface area contributed by atoms with Gasteiger partial charge >= 0.3 is 7.67 Å². The molecular formula is C10H17N2O2PS. The molecule has 0 saturated heterocycles. The number of rotatable bonds is 5. The molecule has 0 spiro atoms. The van der Waals surface area contributed by atoms with Crippen LogP contribution in [0.5, 0.6) is 5.75 Å². The summed E-state index contributed by atoms with van der Waals surface area (Å²) in [6.07, 6.45) is 1.96. The van der Waals surface area contributed by atoms with E-state index in [-0.39, 0.29) is 0 Å². The average molecular weight is 260 g/mol. The summed E-state index contributed by atoms with van der Waals surface area (Å²) in [4.78, 5) is 0.969. The van der Waals surface area contributed by atoms with Crippen LogP contribution in [0.2, 0.25) is 0 Å². The Balaban J connectivity index is 3.03. The molecule has 1 rings (SSSR count). The van der Waals surface area contributed by atoms with E-state index in [0.717, 1.165) is 10.5 Å². The third-order valence-electron chi connectivity index (χ3n) is 2.13. The van der Waals surface area contributed by atoms with Crippen molar-refractivity contribution in [2.75, 3.05) is 20.4 Å². The van der Waals surface area contributed by atoms with Gasteiger partial charge in [-0.2, -0.15) is 0 Å². The predicted molar refractivity (Wildman–Crippen MR) is 69.3 cm³/mol. The highest BCUT2D eigenvalue weighted by Gasteiger charge is 2.20. The van der Waals surface area contributed by atoms with E-state index in [2.05, 4.69) is 10.2 Å². The molecule has 0 amide bonds. The summed E-state index contributed by atoms with van der Waals surface area (Å²) in [5.74, 6) is 0.638. The molecule has 1 aromatic rings. The van der Waals surface area contributed by atoms with Crippen LogP contribution >= 0.6 is 19.4 Å². The Morgan fingerprint density at radius 1 is 1.31 bits per heavy atom. The summed E-state index contributed by atoms with van der Waals surface area (Å²) in [5, 5.41) is 5.32. The van der Waals surface area contributed by atoms with Crippen molar-refractivity contribution in [1.29, 1.82) is 0 Å². The first-order valence-electron chi connectivity index (χ1n) is 4.87. The van der Waals surface area contributed by atoms with Gasteiger partial charge < -0.3 is 4.52 Å². The Kier molecular flexibility index (Phi) is 4.87. The van der Waals surface area contributed by atoms with E-state index in [1.807, 2.05) is 31.4 Å². The van der Waals surface area contributed by atoms with Gasteiger partial charge in [-0.05, 0) is 45.0 Å². The minimum atomic E-state index is -2.98. The third-order valence-corrected chi connectivity index (χ3v) is 4.54. The summed E-state index contributed by atoms with van der Waals surface area (Å²) in [6, 6.07) is 5.85. The van der Waals surface area contributed by atoms with E-state index in [0.29, 0.717) is 5.75 Å². The molecule has 0 bridgehead atoms. The molecule has 1 aromatic carbocycles. The lowest BCUT2D eigenvalue weighted by Gasteiger charge is -2.19. The Bertz CT molecular complexity index is 404. The van der Waals surface area contributed by atoms with Gasteiger partial charge in [-0.3, -0.25) is 0 Å². The number of thioether (sulfide) groups is 1. The van der Waals surface area contributed by atoms with Crippen LogP contribution in [0.15, 0.2) is 23.1 Å². The van der Waals surface area contributed by atoms with Crippen LogP contribution in [0.25, 0.3) is 0 Å². The van der Waals surface area contributed by atoms with E-state index in [1.54, 1.807) is 25.9 Å². The minimum Gasteiger partial charge on any atom is -0.421 e. The van der Waals surface area contributed by atoms with Gasteiger partial charge in [0.05, 0.1) is 0 Å². The maximum Gasteiger partial charge on any atom is 0.389 e. The summed E-state index contributed by atoms with van der Waals surface area (Å²) < 4.78 is 17.6. The highest BCUT2D eigenvalue weighted by Crippen LogP contribution is 2.41. The zero-order chi connectivity index (χ0) is 12.2. The number of benzene rings is 1. The Hall–Kier alpha value is -0.480. The van der Waals surface area contributed by atoms with E-state index < -0.39 is 7.67 Å². The fourth-order valence-corrected chi connectivity index (χ4v) is 2.60. The van der Waals surface area contributed by atoms with Crippen molar-refractivity contribution in [3.63, 3.8) is 0 Å². The zero-order valence-electron chi connectivity index (χ0n) is 9.90. The van der Waals surface area contributed by atoms with Crippen LogP contribution < -0.4 is 14.7 Å². The van der Waals surface area contributed by atoms with E-state index in [9.17, 15) is 4.57 Å². The van der Waals surface area contributed by atoms with E-state index in [4.69, 9.17) is 4.52 Å². The molecule has 90 valence electrons. The van der Waals surface area contributed by atoms with Crippen molar-refractivity contribution in [2.24, 2.45) is 0 Å². The van der Waals surface area contributed by atoms with Crippen molar-refractivity contribution in [3.05, 3.63) is 23.8 Å². The minimum absolute atomic E-state index is 0.638. The number of hydrogen-bond donors (Lipinski definition) is 2. The monoisotopic (exact) mass is 260 g/mol. The summed E-state index contributed by atoms with van der Waals surface area (Å²) >= 11 is 1.56. The molecule has 6 heteroatoms. The smallest absolute Gasteiger partial charge is 0.389 e. The number of hydrogen-bond acceptors (Lipinski definition) is 3. The van der Waals surface area contributed by atoms with Crippen molar-refractivity contribution < 1.29 is 9.09 Å². The van der Waals surface area contributed by atoms with Gasteiger partial charge in [-0.1, -0.05) is 6.07 Å². The fourth-order valence-electron chi connectivity index (χ4n) is 1.20. The second-order valence-electron chi connectivity index (χ2n) is 3.24. The largest absolute Gasteiger partial charge is 0.421 e. The quantitative estimate of drug-likeness (QED) is 0.629. The molecule has 0 aliphatic heterocycles. The molecule has 0 aliphatic rings. The molecule has 16 heavy (non-hydrogen) atoms. The molecule has 0 fully saturated rings. The lowest BCUT2D eigenvalue weighted by molar-refractivity contribution is 0.457. The Morgan fingerprint density at radius 3 is 2.44 bits per heavy atom. The van der Waals surface area contributed by atoms with Gasteiger partial charge in [0, 0.05) is 4.90 Å². The molecule has 2 N–H and O–H groups in total. The molecule has 0 aromatic heterocycles. The van der Waals surface area contributed by atoms with Crippen LogP contribution in [0.4, 0.5) is 0 Å². The molecule has 0 radical (unpaired) electrons. The molecule has 0 aliphatic carbocycles. The van der Waals surface area contributed by atoms with Crippen molar-refractivity contribution in [1.82, 2.24) is 10.2 Å². The van der Waals surface area contributed by atoms with Gasteiger partial charge in [0.15, 0.2) is 0 Å². The molecule has 0 atom stereocenters. The lowest BCUT2D eigenvalue weighted by atomic mass is 10.2. The molecule has 4 nitrogen and oxygen atoms in total. The zero-order valence-corrected chi connectivity index (χ0v) is 11.6. The highest BCUT2D eigenvalue weighted by molar-refractivity contribution is 7.98. The number of nitrogens with one attached hydrogen (secondary N) is 2. The second-order valence-corrected chi connectivity index (χ2v) is 6.27. The van der Waals surface area contributed by atoms with Crippen LogP contribution in [0.1, 0.15) is 5.56 Å². The number of aryl methyl sites for hydroxylation is 1. The molecular weight excluding hydrogens is 243 g/mol. The maximum atomic E-state index is 12.0. The van der Waals surface area contributed by atoms with E-state index in [1.165, 1.54) is 0 Å². The maximum absolute atomic E-state index is 12.0. The lowest BCUT2D eigenvalue weighted by Crippen LogP contribution is -2.20.